The minimum Gasteiger partial charge on any atom is -0.394 e. The van der Waals surface area contributed by atoms with Crippen molar-refractivity contribution in [3.63, 3.8) is 0 Å². The van der Waals surface area contributed by atoms with Gasteiger partial charge in [0.25, 0.3) is 0 Å². The lowest BCUT2D eigenvalue weighted by atomic mass is 10.1. The van der Waals surface area contributed by atoms with Crippen molar-refractivity contribution in [2.75, 3.05) is 27.2 Å². The highest BCUT2D eigenvalue weighted by Crippen LogP contribution is 2.19. The summed E-state index contributed by atoms with van der Waals surface area (Å²) in [5.74, 6) is 0. The van der Waals surface area contributed by atoms with Crippen LogP contribution < -0.4 is 5.36 Å². The maximum absolute atomic E-state index is 6.20. The molecule has 3 aromatic carbocycles. The summed E-state index contributed by atoms with van der Waals surface area (Å²) in [7, 11) is 4.02. The Bertz CT molecular complexity index is 906. The Morgan fingerprint density at radius 3 is 2.43 bits per heavy atom. The first-order chi connectivity index (χ1) is 11.1. The predicted octanol–water partition coefficient (Wildman–Crippen LogP) is 4.04. The third-order valence-electron chi connectivity index (χ3n) is 3.71. The van der Waals surface area contributed by atoms with Gasteiger partial charge in [-0.3, -0.25) is 0 Å². The zero-order chi connectivity index (χ0) is 16.2. The van der Waals surface area contributed by atoms with Crippen molar-refractivity contribution in [2.24, 2.45) is 5.16 Å². The van der Waals surface area contributed by atoms with Crippen LogP contribution in [0.15, 0.2) is 59.8 Å². The quantitative estimate of drug-likeness (QED) is 0.534. The maximum Gasteiger partial charge on any atom is 0.129 e. The molecule has 0 aliphatic rings. The van der Waals surface area contributed by atoms with Crippen LogP contribution in [0.1, 0.15) is 0 Å². The van der Waals surface area contributed by atoms with E-state index in [-0.39, 0.29) is 0 Å². The molecular weight excluding hydrogens is 308 g/mol. The maximum atomic E-state index is 6.20. The second kappa shape index (κ2) is 6.99. The third-order valence-corrected chi connectivity index (χ3v) is 3.95. The monoisotopic (exact) mass is 326 g/mol. The Balaban J connectivity index is 2.24. The number of hydrogen-bond donors (Lipinski definition) is 0. The minimum absolute atomic E-state index is 0.544. The van der Waals surface area contributed by atoms with Gasteiger partial charge in [-0.25, -0.2) is 0 Å². The van der Waals surface area contributed by atoms with Gasteiger partial charge < -0.3 is 9.74 Å². The summed E-state index contributed by atoms with van der Waals surface area (Å²) in [5, 5.41) is 10.2. The first-order valence-corrected chi connectivity index (χ1v) is 7.95. The molecule has 118 valence electrons. The highest BCUT2D eigenvalue weighted by atomic mass is 35.5. The molecule has 3 rings (SSSR count). The van der Waals surface area contributed by atoms with E-state index in [4.69, 9.17) is 16.4 Å². The Hall–Kier alpha value is -2.10. The van der Waals surface area contributed by atoms with Crippen molar-refractivity contribution < 1.29 is 4.84 Å². The summed E-state index contributed by atoms with van der Waals surface area (Å²) in [4.78, 5) is 7.63. The first kappa shape index (κ1) is 15.8. The average Bonchev–Trinajstić information content (AvgIpc) is 2.68. The number of benzene rings is 2. The smallest absolute Gasteiger partial charge is 0.129 e. The number of likely N-dealkylation sites (N-methyl/N-ethyl adjacent to an activating group) is 1. The molecule has 0 fully saturated rings. The van der Waals surface area contributed by atoms with Crippen LogP contribution in [0, 0.1) is 0 Å². The van der Waals surface area contributed by atoms with Crippen LogP contribution in [0.5, 0.6) is 0 Å². The Labute approximate surface area is 140 Å². The van der Waals surface area contributed by atoms with Gasteiger partial charge in [0.05, 0.1) is 0 Å². The minimum atomic E-state index is 0.544. The average molecular weight is 327 g/mol. The van der Waals surface area contributed by atoms with Gasteiger partial charge in [0.15, 0.2) is 0 Å². The number of fused-ring (bicyclic) bond motifs is 2. The summed E-state index contributed by atoms with van der Waals surface area (Å²) in [6, 6.07) is 18.2. The summed E-state index contributed by atoms with van der Waals surface area (Å²) in [6.45, 7) is 1.36. The molecule has 23 heavy (non-hydrogen) atoms. The Kier molecular flexibility index (Phi) is 4.79. The summed E-state index contributed by atoms with van der Waals surface area (Å²) in [5.41, 5.74) is 0. The van der Waals surface area contributed by atoms with Crippen molar-refractivity contribution >= 4 is 33.1 Å². The molecule has 0 spiro atoms. The highest BCUT2D eigenvalue weighted by Gasteiger charge is 2.02. The fourth-order valence-electron chi connectivity index (χ4n) is 2.49. The lowest BCUT2D eigenvalue weighted by Gasteiger charge is -2.07. The summed E-state index contributed by atoms with van der Waals surface area (Å²) >= 11 is 6.20. The molecule has 3 nitrogen and oxygen atoms in total. The molecule has 0 bridgehead atoms. The topological polar surface area (TPSA) is 24.8 Å². The Morgan fingerprint density at radius 2 is 1.65 bits per heavy atom. The summed E-state index contributed by atoms with van der Waals surface area (Å²) in [6.07, 6.45) is 0. The first-order valence-electron chi connectivity index (χ1n) is 7.57. The largest absolute Gasteiger partial charge is 0.394 e. The standard InChI is InChI=1S/C19H19ClN2O/c1-22(2)11-12-23-21-19-17-6-4-3-5-14(17)7-8-15-9-10-16(20)13-18(15)19/h3-10,13H,11-12H2,1-2H3/b21-19-. The van der Waals surface area contributed by atoms with Crippen molar-refractivity contribution in [3.05, 3.63) is 65.0 Å². The van der Waals surface area contributed by atoms with Crippen molar-refractivity contribution in [2.45, 2.75) is 0 Å². The molecule has 0 heterocycles. The SMILES string of the molecule is CN(C)CCO/N=c1/c2ccccc2ccc2ccc(Cl)cc12. The van der Waals surface area contributed by atoms with Crippen LogP contribution in [0.25, 0.3) is 21.5 Å². The van der Waals surface area contributed by atoms with Crippen LogP contribution in [-0.2, 0) is 4.84 Å². The van der Waals surface area contributed by atoms with Crippen LogP contribution >= 0.6 is 11.6 Å². The molecule has 0 N–H and O–H groups in total. The van der Waals surface area contributed by atoms with Crippen molar-refractivity contribution in [1.82, 2.24) is 4.90 Å². The van der Waals surface area contributed by atoms with Gasteiger partial charge in [-0.2, -0.15) is 0 Å². The van der Waals surface area contributed by atoms with Gasteiger partial charge in [0.2, 0.25) is 0 Å². The number of rotatable bonds is 4. The molecule has 0 radical (unpaired) electrons. The number of halogens is 1. The van der Waals surface area contributed by atoms with E-state index >= 15 is 0 Å². The molecule has 3 aromatic rings. The second-order valence-electron chi connectivity index (χ2n) is 5.73. The van der Waals surface area contributed by atoms with Crippen LogP contribution in [-0.4, -0.2) is 32.1 Å². The van der Waals surface area contributed by atoms with Crippen molar-refractivity contribution in [3.8, 4) is 0 Å². The van der Waals surface area contributed by atoms with E-state index in [0.717, 1.165) is 33.4 Å². The zero-order valence-electron chi connectivity index (χ0n) is 13.3. The van der Waals surface area contributed by atoms with E-state index in [2.05, 4.69) is 34.3 Å². The number of hydrogen-bond acceptors (Lipinski definition) is 3. The van der Waals surface area contributed by atoms with Crippen LogP contribution in [0.2, 0.25) is 5.02 Å². The Morgan fingerprint density at radius 1 is 0.957 bits per heavy atom. The molecule has 0 saturated heterocycles. The van der Waals surface area contributed by atoms with E-state index in [9.17, 15) is 0 Å². The molecule has 0 aliphatic carbocycles. The van der Waals surface area contributed by atoms with Gasteiger partial charge in [0, 0.05) is 22.3 Å². The molecule has 4 heteroatoms. The predicted molar refractivity (Wildman–Crippen MR) is 96.5 cm³/mol. The third kappa shape index (κ3) is 3.63. The van der Waals surface area contributed by atoms with Gasteiger partial charge in [-0.1, -0.05) is 59.2 Å². The normalized spacial score (nSPS) is 12.3. The lowest BCUT2D eigenvalue weighted by Crippen LogP contribution is -2.17. The van der Waals surface area contributed by atoms with E-state index in [1.807, 2.05) is 44.4 Å². The summed E-state index contributed by atoms with van der Waals surface area (Å²) < 4.78 is 0. The second-order valence-corrected chi connectivity index (χ2v) is 6.16. The molecule has 0 unspecified atom stereocenters. The fourth-order valence-corrected chi connectivity index (χ4v) is 2.67. The van der Waals surface area contributed by atoms with E-state index in [1.165, 1.54) is 0 Å². The molecule has 0 aromatic heterocycles. The molecule has 0 aliphatic heterocycles. The number of nitrogens with zero attached hydrogens (tertiary/aromatic N) is 2. The van der Waals surface area contributed by atoms with Crippen molar-refractivity contribution in [1.29, 1.82) is 0 Å². The van der Waals surface area contributed by atoms with Gasteiger partial charge in [0.1, 0.15) is 12.0 Å². The molecule has 0 atom stereocenters. The van der Waals surface area contributed by atoms with Crippen LogP contribution in [0.4, 0.5) is 0 Å². The van der Waals surface area contributed by atoms with Gasteiger partial charge >= 0.3 is 0 Å². The van der Waals surface area contributed by atoms with E-state index in [1.54, 1.807) is 0 Å². The lowest BCUT2D eigenvalue weighted by molar-refractivity contribution is 0.117. The van der Waals surface area contributed by atoms with E-state index in [0.29, 0.717) is 11.6 Å². The molecule has 0 saturated carbocycles. The molecular formula is C19H19ClN2O. The van der Waals surface area contributed by atoms with E-state index < -0.39 is 0 Å². The highest BCUT2D eigenvalue weighted by molar-refractivity contribution is 6.31. The van der Waals surface area contributed by atoms with Gasteiger partial charge in [-0.15, -0.1) is 0 Å². The van der Waals surface area contributed by atoms with Crippen LogP contribution in [0.3, 0.4) is 0 Å². The molecule has 0 amide bonds. The van der Waals surface area contributed by atoms with Gasteiger partial charge in [-0.05, 0) is 37.0 Å². The fraction of sp³-hybridized carbons (Fsp3) is 0.211. The zero-order valence-corrected chi connectivity index (χ0v) is 14.0.